The molecule has 0 saturated carbocycles. The zero-order chi connectivity index (χ0) is 14.9. The highest BCUT2D eigenvalue weighted by Gasteiger charge is 2.08. The molecule has 0 radical (unpaired) electrons. The van der Waals surface area contributed by atoms with E-state index in [-0.39, 0.29) is 0 Å². The number of fused-ring (bicyclic) bond motifs is 2. The normalized spacial score (nSPS) is 11.7. The average Bonchev–Trinajstić information content (AvgIpc) is 3.08. The van der Waals surface area contributed by atoms with Crippen LogP contribution in [0.15, 0.2) is 58.0 Å². The number of aromatic nitrogens is 1. The van der Waals surface area contributed by atoms with Gasteiger partial charge in [0.25, 0.3) is 0 Å². The van der Waals surface area contributed by atoms with Gasteiger partial charge in [-0.2, -0.15) is 5.10 Å². The number of nitrogens with one attached hydrogen (secondary N) is 1. The third-order valence-electron chi connectivity index (χ3n) is 3.47. The molecule has 0 unspecified atom stereocenters. The Morgan fingerprint density at radius 3 is 2.86 bits per heavy atom. The minimum Gasteiger partial charge on any atom is -0.461 e. The van der Waals surface area contributed by atoms with E-state index in [1.807, 2.05) is 49.4 Å². The van der Waals surface area contributed by atoms with E-state index in [0.717, 1.165) is 37.6 Å². The standard InChI is InChI=1S/C17H13N3OS/c1-11-13(12-6-2-4-8-15(12)21-11)10-18-20-17-19-14-7-3-5-9-16(14)22-17/h2-10H,1H3,(H,19,20). The van der Waals surface area contributed by atoms with Gasteiger partial charge in [-0.25, -0.2) is 4.98 Å². The first-order valence-electron chi connectivity index (χ1n) is 6.94. The van der Waals surface area contributed by atoms with Crippen LogP contribution in [0, 0.1) is 6.92 Å². The fourth-order valence-electron chi connectivity index (χ4n) is 2.42. The van der Waals surface area contributed by atoms with Gasteiger partial charge in [0.2, 0.25) is 5.13 Å². The second kappa shape index (κ2) is 5.27. The molecule has 2 heterocycles. The minimum absolute atomic E-state index is 0.780. The molecule has 2 aromatic heterocycles. The Labute approximate surface area is 131 Å². The molecule has 0 fully saturated rings. The maximum absolute atomic E-state index is 5.72. The van der Waals surface area contributed by atoms with Crippen LogP contribution >= 0.6 is 11.3 Å². The molecule has 108 valence electrons. The summed E-state index contributed by atoms with van der Waals surface area (Å²) in [6.07, 6.45) is 1.78. The lowest BCUT2D eigenvalue weighted by Crippen LogP contribution is -1.90. The molecule has 1 N–H and O–H groups in total. The van der Waals surface area contributed by atoms with Gasteiger partial charge in [0, 0.05) is 10.9 Å². The van der Waals surface area contributed by atoms with E-state index in [4.69, 9.17) is 4.42 Å². The third-order valence-corrected chi connectivity index (χ3v) is 4.41. The van der Waals surface area contributed by atoms with Crippen molar-refractivity contribution in [1.29, 1.82) is 0 Å². The van der Waals surface area contributed by atoms with Gasteiger partial charge in [-0.15, -0.1) is 0 Å². The molecular weight excluding hydrogens is 294 g/mol. The highest BCUT2D eigenvalue weighted by Crippen LogP contribution is 2.26. The zero-order valence-electron chi connectivity index (χ0n) is 11.9. The number of para-hydroxylation sites is 2. The molecule has 0 aliphatic heterocycles. The summed E-state index contributed by atoms with van der Waals surface area (Å²) in [7, 11) is 0. The Balaban J connectivity index is 1.62. The van der Waals surface area contributed by atoms with Crippen LogP contribution in [0.5, 0.6) is 0 Å². The Morgan fingerprint density at radius 1 is 1.14 bits per heavy atom. The number of benzene rings is 2. The van der Waals surface area contributed by atoms with Gasteiger partial charge in [0.05, 0.1) is 16.4 Å². The number of nitrogens with zero attached hydrogens (tertiary/aromatic N) is 2. The Bertz CT molecular complexity index is 951. The van der Waals surface area contributed by atoms with Gasteiger partial charge in [-0.1, -0.05) is 41.7 Å². The van der Waals surface area contributed by atoms with E-state index in [1.54, 1.807) is 17.6 Å². The fourth-order valence-corrected chi connectivity index (χ4v) is 3.24. The van der Waals surface area contributed by atoms with Gasteiger partial charge in [-0.3, -0.25) is 5.43 Å². The van der Waals surface area contributed by atoms with E-state index in [9.17, 15) is 0 Å². The van der Waals surface area contributed by atoms with E-state index >= 15 is 0 Å². The summed E-state index contributed by atoms with van der Waals surface area (Å²) in [4.78, 5) is 4.49. The van der Waals surface area contributed by atoms with Gasteiger partial charge >= 0.3 is 0 Å². The highest BCUT2D eigenvalue weighted by molar-refractivity contribution is 7.22. The molecule has 5 heteroatoms. The molecule has 4 nitrogen and oxygen atoms in total. The van der Waals surface area contributed by atoms with Crippen molar-refractivity contribution in [2.45, 2.75) is 6.92 Å². The number of anilines is 1. The molecule has 0 saturated heterocycles. The summed E-state index contributed by atoms with van der Waals surface area (Å²) >= 11 is 1.58. The first kappa shape index (κ1) is 13.0. The fraction of sp³-hybridized carbons (Fsp3) is 0.0588. The summed E-state index contributed by atoms with van der Waals surface area (Å²) in [6.45, 7) is 1.94. The Hall–Kier alpha value is -2.66. The van der Waals surface area contributed by atoms with Crippen LogP contribution in [-0.2, 0) is 0 Å². The summed E-state index contributed by atoms with van der Waals surface area (Å²) in [5, 5.41) is 6.15. The quantitative estimate of drug-likeness (QED) is 0.437. The molecule has 0 aliphatic carbocycles. The lowest BCUT2D eigenvalue weighted by molar-refractivity contribution is 0.578. The molecule has 2 aromatic carbocycles. The topological polar surface area (TPSA) is 50.4 Å². The molecule has 4 aromatic rings. The zero-order valence-corrected chi connectivity index (χ0v) is 12.7. The van der Waals surface area contributed by atoms with Crippen LogP contribution in [0.2, 0.25) is 0 Å². The van der Waals surface area contributed by atoms with Crippen molar-refractivity contribution in [2.24, 2.45) is 5.10 Å². The first-order chi connectivity index (χ1) is 10.8. The van der Waals surface area contributed by atoms with Crippen LogP contribution in [0.3, 0.4) is 0 Å². The lowest BCUT2D eigenvalue weighted by Gasteiger charge is -1.93. The summed E-state index contributed by atoms with van der Waals surface area (Å²) in [5.74, 6) is 0.857. The van der Waals surface area contributed by atoms with Crippen LogP contribution < -0.4 is 5.43 Å². The van der Waals surface area contributed by atoms with Crippen LogP contribution in [0.4, 0.5) is 5.13 Å². The number of furan rings is 1. The lowest BCUT2D eigenvalue weighted by atomic mass is 10.1. The molecule has 22 heavy (non-hydrogen) atoms. The van der Waals surface area contributed by atoms with Crippen LogP contribution in [-0.4, -0.2) is 11.2 Å². The van der Waals surface area contributed by atoms with E-state index in [1.165, 1.54) is 0 Å². The Morgan fingerprint density at radius 2 is 1.95 bits per heavy atom. The number of hydrazone groups is 1. The van der Waals surface area contributed by atoms with Crippen molar-refractivity contribution in [1.82, 2.24) is 4.98 Å². The molecule has 4 rings (SSSR count). The molecule has 0 spiro atoms. The minimum atomic E-state index is 0.780. The molecule has 0 bridgehead atoms. The van der Waals surface area contributed by atoms with E-state index in [0.29, 0.717) is 0 Å². The summed E-state index contributed by atoms with van der Waals surface area (Å²) < 4.78 is 6.86. The van der Waals surface area contributed by atoms with Gasteiger partial charge in [0.1, 0.15) is 11.3 Å². The maximum Gasteiger partial charge on any atom is 0.204 e. The number of thiazole rings is 1. The smallest absolute Gasteiger partial charge is 0.204 e. The second-order valence-corrected chi connectivity index (χ2v) is 5.96. The summed E-state index contributed by atoms with van der Waals surface area (Å²) in [6, 6.07) is 16.0. The Kier molecular flexibility index (Phi) is 3.12. The molecule has 0 aliphatic rings. The van der Waals surface area contributed by atoms with Gasteiger partial charge in [0.15, 0.2) is 0 Å². The van der Waals surface area contributed by atoms with Crippen molar-refractivity contribution in [3.05, 3.63) is 59.9 Å². The highest BCUT2D eigenvalue weighted by atomic mass is 32.1. The van der Waals surface area contributed by atoms with E-state index < -0.39 is 0 Å². The van der Waals surface area contributed by atoms with Crippen LogP contribution in [0.25, 0.3) is 21.2 Å². The third kappa shape index (κ3) is 2.25. The predicted molar refractivity (Wildman–Crippen MR) is 91.8 cm³/mol. The maximum atomic E-state index is 5.72. The first-order valence-corrected chi connectivity index (χ1v) is 7.76. The second-order valence-electron chi connectivity index (χ2n) is 4.92. The van der Waals surface area contributed by atoms with Crippen molar-refractivity contribution < 1.29 is 4.42 Å². The van der Waals surface area contributed by atoms with Crippen molar-refractivity contribution in [2.75, 3.05) is 5.43 Å². The van der Waals surface area contributed by atoms with Crippen LogP contribution in [0.1, 0.15) is 11.3 Å². The van der Waals surface area contributed by atoms with Crippen molar-refractivity contribution >= 4 is 43.9 Å². The molecular formula is C17H13N3OS. The SMILES string of the molecule is Cc1oc2ccccc2c1C=NNc1nc2ccccc2s1. The number of hydrogen-bond donors (Lipinski definition) is 1. The van der Waals surface area contributed by atoms with Gasteiger partial charge < -0.3 is 4.42 Å². The summed E-state index contributed by atoms with van der Waals surface area (Å²) in [5.41, 5.74) is 5.85. The number of aryl methyl sites for hydroxylation is 1. The number of hydrogen-bond acceptors (Lipinski definition) is 5. The predicted octanol–water partition coefficient (Wildman–Crippen LogP) is 4.80. The largest absolute Gasteiger partial charge is 0.461 e. The number of rotatable bonds is 3. The monoisotopic (exact) mass is 307 g/mol. The average molecular weight is 307 g/mol. The van der Waals surface area contributed by atoms with Crippen molar-refractivity contribution in [3.8, 4) is 0 Å². The van der Waals surface area contributed by atoms with E-state index in [2.05, 4.69) is 21.6 Å². The van der Waals surface area contributed by atoms with Gasteiger partial charge in [-0.05, 0) is 25.1 Å². The molecule has 0 amide bonds. The molecule has 0 atom stereocenters. The van der Waals surface area contributed by atoms with Crippen molar-refractivity contribution in [3.63, 3.8) is 0 Å².